The van der Waals surface area contributed by atoms with E-state index in [0.717, 1.165) is 37.3 Å². The van der Waals surface area contributed by atoms with Gasteiger partial charge in [-0.15, -0.1) is 0 Å². The highest BCUT2D eigenvalue weighted by atomic mass is 16.5. The molecular formula is C33H48N2O6. The van der Waals surface area contributed by atoms with E-state index in [2.05, 4.69) is 17.1 Å². The number of methoxy groups -OCH3 is 1. The Bertz CT molecular complexity index is 1040. The van der Waals surface area contributed by atoms with Gasteiger partial charge in [-0.2, -0.15) is 0 Å². The first-order valence-electron chi connectivity index (χ1n) is 15.2. The van der Waals surface area contributed by atoms with Crippen molar-refractivity contribution in [1.82, 2.24) is 10.2 Å². The van der Waals surface area contributed by atoms with E-state index in [1.54, 1.807) is 31.4 Å². The molecular weight excluding hydrogens is 520 g/mol. The molecule has 3 N–H and O–H groups in total. The molecule has 0 aliphatic carbocycles. The van der Waals surface area contributed by atoms with Gasteiger partial charge < -0.3 is 25.0 Å². The number of aliphatic hydroxyl groups is 2. The Morgan fingerprint density at radius 1 is 0.951 bits per heavy atom. The minimum atomic E-state index is -0.891. The molecule has 3 atom stereocenters. The number of nitrogens with one attached hydrogen (secondary N) is 1. The molecule has 1 fully saturated rings. The molecule has 1 amide bonds. The first kappa shape index (κ1) is 32.6. The maximum absolute atomic E-state index is 12.9. The molecule has 0 bridgehead atoms. The highest BCUT2D eigenvalue weighted by Gasteiger charge is 2.29. The number of ether oxygens (including phenoxy) is 2. The molecule has 8 nitrogen and oxygen atoms in total. The molecule has 0 spiro atoms. The highest BCUT2D eigenvalue weighted by molar-refractivity contribution is 5.96. The fourth-order valence-corrected chi connectivity index (χ4v) is 5.14. The summed E-state index contributed by atoms with van der Waals surface area (Å²) in [6, 6.07) is 14.0. The zero-order valence-electron chi connectivity index (χ0n) is 24.7. The van der Waals surface area contributed by atoms with Gasteiger partial charge in [-0.25, -0.2) is 0 Å². The molecule has 0 aromatic heterocycles. The van der Waals surface area contributed by atoms with Crippen molar-refractivity contribution in [2.45, 2.75) is 89.4 Å². The van der Waals surface area contributed by atoms with Crippen LogP contribution in [0.3, 0.4) is 0 Å². The van der Waals surface area contributed by atoms with Gasteiger partial charge in [0.05, 0.1) is 25.9 Å². The summed E-state index contributed by atoms with van der Waals surface area (Å²) >= 11 is 0. The van der Waals surface area contributed by atoms with Crippen LogP contribution >= 0.6 is 0 Å². The summed E-state index contributed by atoms with van der Waals surface area (Å²) in [7, 11) is 1.59. The Hall–Kier alpha value is -2.94. The lowest BCUT2D eigenvalue weighted by atomic mass is 10.0. The van der Waals surface area contributed by atoms with Gasteiger partial charge in [0.2, 0.25) is 5.91 Å². The molecule has 41 heavy (non-hydrogen) atoms. The van der Waals surface area contributed by atoms with Crippen LogP contribution in [0.1, 0.15) is 93.2 Å². The lowest BCUT2D eigenvalue weighted by molar-refractivity contribution is -0.123. The van der Waals surface area contributed by atoms with Crippen molar-refractivity contribution in [3.63, 3.8) is 0 Å². The summed E-state index contributed by atoms with van der Waals surface area (Å²) in [6.45, 7) is 4.57. The molecule has 2 aromatic carbocycles. The molecule has 8 heteroatoms. The van der Waals surface area contributed by atoms with Crippen molar-refractivity contribution in [2.24, 2.45) is 0 Å². The number of benzene rings is 2. The Labute approximate surface area is 245 Å². The molecule has 226 valence electrons. The van der Waals surface area contributed by atoms with Crippen LogP contribution in [0, 0.1) is 0 Å². The third-order valence-corrected chi connectivity index (χ3v) is 7.64. The van der Waals surface area contributed by atoms with Gasteiger partial charge in [-0.3, -0.25) is 14.5 Å². The van der Waals surface area contributed by atoms with E-state index in [-0.39, 0.29) is 17.8 Å². The minimum absolute atomic E-state index is 0.0843. The standard InChI is InChI=1S/C33H48N2O6/c1-3-4-5-9-22-41-29-18-14-26(15-19-29)33(39)30(24-35-21-20-27(36)23-35)34-32(38)11-8-6-7-10-31(37)25-12-16-28(40-2)17-13-25/h12-19,27,30,33,36,39H,3-11,20-24H2,1-2H3,(H,34,38)/t27-,30+,33+/m0/s1. The summed E-state index contributed by atoms with van der Waals surface area (Å²) < 4.78 is 11.0. The predicted octanol–water partition coefficient (Wildman–Crippen LogP) is 5.07. The van der Waals surface area contributed by atoms with E-state index in [1.807, 2.05) is 24.3 Å². The Morgan fingerprint density at radius 3 is 2.29 bits per heavy atom. The second kappa shape index (κ2) is 17.8. The van der Waals surface area contributed by atoms with Gasteiger partial charge >= 0.3 is 0 Å². The summed E-state index contributed by atoms with van der Waals surface area (Å²) in [6.07, 6.45) is 6.90. The summed E-state index contributed by atoms with van der Waals surface area (Å²) in [5, 5.41) is 24.2. The number of aliphatic hydroxyl groups excluding tert-OH is 2. The summed E-state index contributed by atoms with van der Waals surface area (Å²) in [5.74, 6) is 1.45. The van der Waals surface area contributed by atoms with Crippen molar-refractivity contribution >= 4 is 11.7 Å². The lowest BCUT2D eigenvalue weighted by Gasteiger charge is -2.29. The minimum Gasteiger partial charge on any atom is -0.497 e. The van der Waals surface area contributed by atoms with Gasteiger partial charge in [0.25, 0.3) is 0 Å². The zero-order chi connectivity index (χ0) is 29.5. The maximum Gasteiger partial charge on any atom is 0.220 e. The fraction of sp³-hybridized carbons (Fsp3) is 0.576. The van der Waals surface area contributed by atoms with Crippen LogP contribution in [-0.2, 0) is 4.79 Å². The number of rotatable bonds is 19. The summed E-state index contributed by atoms with van der Waals surface area (Å²) in [4.78, 5) is 27.4. The van der Waals surface area contributed by atoms with E-state index in [0.29, 0.717) is 62.9 Å². The smallest absolute Gasteiger partial charge is 0.220 e. The highest BCUT2D eigenvalue weighted by Crippen LogP contribution is 2.23. The third-order valence-electron chi connectivity index (χ3n) is 7.64. The second-order valence-electron chi connectivity index (χ2n) is 11.0. The van der Waals surface area contributed by atoms with Gasteiger partial charge in [0, 0.05) is 38.0 Å². The number of likely N-dealkylation sites (tertiary alicyclic amines) is 1. The van der Waals surface area contributed by atoms with Gasteiger partial charge in [0.15, 0.2) is 5.78 Å². The van der Waals surface area contributed by atoms with E-state index in [4.69, 9.17) is 9.47 Å². The fourth-order valence-electron chi connectivity index (χ4n) is 5.14. The van der Waals surface area contributed by atoms with E-state index < -0.39 is 12.1 Å². The molecule has 3 rings (SSSR count). The Kier molecular flexibility index (Phi) is 14.1. The zero-order valence-corrected chi connectivity index (χ0v) is 24.7. The second-order valence-corrected chi connectivity index (χ2v) is 11.0. The normalized spacial score (nSPS) is 16.7. The number of hydrogen-bond donors (Lipinski definition) is 3. The molecule has 1 aliphatic rings. The van der Waals surface area contributed by atoms with Crippen molar-refractivity contribution in [2.75, 3.05) is 33.4 Å². The molecule has 2 aromatic rings. The number of β-amino-alcohol motifs (C(OH)–C–C–N with tert-alkyl or cyclic N) is 1. The summed E-state index contributed by atoms with van der Waals surface area (Å²) in [5.41, 5.74) is 1.38. The van der Waals surface area contributed by atoms with E-state index in [1.165, 1.54) is 12.8 Å². The van der Waals surface area contributed by atoms with Crippen LogP contribution in [-0.4, -0.2) is 72.3 Å². The average Bonchev–Trinajstić information content (AvgIpc) is 3.40. The van der Waals surface area contributed by atoms with Crippen molar-refractivity contribution < 1.29 is 29.3 Å². The largest absolute Gasteiger partial charge is 0.497 e. The van der Waals surface area contributed by atoms with Crippen LogP contribution in [0.2, 0.25) is 0 Å². The molecule has 0 radical (unpaired) electrons. The number of unbranched alkanes of at least 4 members (excludes halogenated alkanes) is 5. The van der Waals surface area contributed by atoms with Crippen molar-refractivity contribution in [3.05, 3.63) is 59.7 Å². The number of Topliss-reactive ketones (excluding diaryl/α,β-unsaturated/α-hetero) is 1. The molecule has 1 saturated heterocycles. The van der Waals surface area contributed by atoms with E-state index >= 15 is 0 Å². The maximum atomic E-state index is 12.9. The molecule has 0 saturated carbocycles. The van der Waals surface area contributed by atoms with E-state index in [9.17, 15) is 19.8 Å². The van der Waals surface area contributed by atoms with Crippen LogP contribution in [0.5, 0.6) is 11.5 Å². The third kappa shape index (κ3) is 11.5. The first-order chi connectivity index (χ1) is 19.9. The number of carbonyl (C=O) groups is 2. The number of nitrogens with zero attached hydrogens (tertiary/aromatic N) is 1. The average molecular weight is 569 g/mol. The number of amides is 1. The van der Waals surface area contributed by atoms with Gasteiger partial charge in [0.1, 0.15) is 17.6 Å². The van der Waals surface area contributed by atoms with Crippen LogP contribution < -0.4 is 14.8 Å². The monoisotopic (exact) mass is 568 g/mol. The number of ketones is 1. The SMILES string of the molecule is CCCCCCOc1ccc([C@@H](O)[C@@H](CN2CC[C@H](O)C2)NC(=O)CCCCCC(=O)c2ccc(OC)cc2)cc1. The molecule has 1 heterocycles. The van der Waals surface area contributed by atoms with Crippen LogP contribution in [0.25, 0.3) is 0 Å². The Morgan fingerprint density at radius 2 is 1.63 bits per heavy atom. The van der Waals surface area contributed by atoms with Gasteiger partial charge in [-0.05, 0) is 67.6 Å². The molecule has 0 unspecified atom stereocenters. The first-order valence-corrected chi connectivity index (χ1v) is 15.2. The number of carbonyl (C=O) groups excluding carboxylic acids is 2. The van der Waals surface area contributed by atoms with Crippen LogP contribution in [0.15, 0.2) is 48.5 Å². The van der Waals surface area contributed by atoms with Crippen molar-refractivity contribution in [1.29, 1.82) is 0 Å². The van der Waals surface area contributed by atoms with Crippen LogP contribution in [0.4, 0.5) is 0 Å². The van der Waals surface area contributed by atoms with Gasteiger partial charge in [-0.1, -0.05) is 44.7 Å². The topological polar surface area (TPSA) is 108 Å². The quantitative estimate of drug-likeness (QED) is 0.160. The predicted molar refractivity (Wildman–Crippen MR) is 160 cm³/mol. The van der Waals surface area contributed by atoms with Crippen molar-refractivity contribution in [3.8, 4) is 11.5 Å². The molecule has 1 aliphatic heterocycles. The number of hydrogen-bond acceptors (Lipinski definition) is 7. The lowest BCUT2D eigenvalue weighted by Crippen LogP contribution is -2.47. The Balaban J connectivity index is 1.46.